The molecule has 1 N–H and O–H groups in total. The zero-order valence-electron chi connectivity index (χ0n) is 11.9. The minimum Gasteiger partial charge on any atom is -0.314 e. The Morgan fingerprint density at radius 1 is 0.882 bits per heavy atom. The summed E-state index contributed by atoms with van der Waals surface area (Å²) in [5.74, 6) is 0.916. The molecule has 0 aromatic carbocycles. The molecule has 0 radical (unpaired) electrons. The lowest BCUT2D eigenvalue weighted by Crippen LogP contribution is -2.40. The lowest BCUT2D eigenvalue weighted by atomic mass is 9.69. The Kier molecular flexibility index (Phi) is 4.90. The van der Waals surface area contributed by atoms with Gasteiger partial charge in [0.1, 0.15) is 0 Å². The molecule has 2 aliphatic rings. The van der Waals surface area contributed by atoms with Crippen molar-refractivity contribution in [3.8, 4) is 0 Å². The van der Waals surface area contributed by atoms with Crippen molar-refractivity contribution < 1.29 is 0 Å². The molecule has 0 heterocycles. The van der Waals surface area contributed by atoms with E-state index in [1.54, 1.807) is 0 Å². The average Bonchev–Trinajstić information content (AvgIpc) is 2.55. The van der Waals surface area contributed by atoms with Gasteiger partial charge in [0.15, 0.2) is 0 Å². The highest BCUT2D eigenvalue weighted by Crippen LogP contribution is 2.40. The fraction of sp³-hybridized carbons (Fsp3) is 1.00. The van der Waals surface area contributed by atoms with E-state index in [2.05, 4.69) is 19.2 Å². The van der Waals surface area contributed by atoms with Gasteiger partial charge in [-0.05, 0) is 43.6 Å². The van der Waals surface area contributed by atoms with Crippen LogP contribution in [-0.2, 0) is 0 Å². The van der Waals surface area contributed by atoms with Crippen molar-refractivity contribution >= 4 is 0 Å². The predicted molar refractivity (Wildman–Crippen MR) is 75.2 cm³/mol. The minimum atomic E-state index is 0.579. The molecule has 1 heteroatoms. The van der Waals surface area contributed by atoms with Gasteiger partial charge in [0.2, 0.25) is 0 Å². The van der Waals surface area contributed by atoms with Crippen molar-refractivity contribution in [1.29, 1.82) is 0 Å². The van der Waals surface area contributed by atoms with Crippen molar-refractivity contribution in [2.24, 2.45) is 11.3 Å². The molecule has 2 fully saturated rings. The van der Waals surface area contributed by atoms with Crippen LogP contribution in [0, 0.1) is 11.3 Å². The highest BCUT2D eigenvalue weighted by molar-refractivity contribution is 4.85. The van der Waals surface area contributed by atoms with Crippen molar-refractivity contribution in [3.63, 3.8) is 0 Å². The normalized spacial score (nSPS) is 31.1. The Balaban J connectivity index is 1.76. The SMILES string of the molecule is CC1(C)CCCCC1CNC1CCCCCC1. The van der Waals surface area contributed by atoms with Gasteiger partial charge in [-0.3, -0.25) is 0 Å². The highest BCUT2D eigenvalue weighted by Gasteiger charge is 2.32. The van der Waals surface area contributed by atoms with Gasteiger partial charge in [0, 0.05) is 6.04 Å². The van der Waals surface area contributed by atoms with Gasteiger partial charge in [0.05, 0.1) is 0 Å². The molecule has 0 saturated heterocycles. The van der Waals surface area contributed by atoms with Crippen LogP contribution in [0.15, 0.2) is 0 Å². The second-order valence-corrected chi connectivity index (χ2v) is 7.03. The van der Waals surface area contributed by atoms with Crippen molar-refractivity contribution in [2.45, 2.75) is 84.1 Å². The summed E-state index contributed by atoms with van der Waals surface area (Å²) in [6.45, 7) is 6.23. The van der Waals surface area contributed by atoms with Gasteiger partial charge in [-0.25, -0.2) is 0 Å². The predicted octanol–water partition coefficient (Wildman–Crippen LogP) is 4.52. The first-order chi connectivity index (χ1) is 8.18. The fourth-order valence-electron chi connectivity index (χ4n) is 3.74. The first kappa shape index (κ1) is 13.4. The molecular weight excluding hydrogens is 206 g/mol. The van der Waals surface area contributed by atoms with Crippen LogP contribution in [0.4, 0.5) is 0 Å². The van der Waals surface area contributed by atoms with Crippen LogP contribution in [0.5, 0.6) is 0 Å². The number of hydrogen-bond acceptors (Lipinski definition) is 1. The molecule has 100 valence electrons. The average molecular weight is 237 g/mol. The van der Waals surface area contributed by atoms with E-state index in [9.17, 15) is 0 Å². The van der Waals surface area contributed by atoms with E-state index in [1.165, 1.54) is 70.8 Å². The first-order valence-electron chi connectivity index (χ1n) is 7.92. The second kappa shape index (κ2) is 6.22. The molecule has 0 bridgehead atoms. The van der Waals surface area contributed by atoms with Crippen molar-refractivity contribution in [3.05, 3.63) is 0 Å². The van der Waals surface area contributed by atoms with Crippen LogP contribution < -0.4 is 5.32 Å². The molecule has 1 atom stereocenters. The third kappa shape index (κ3) is 3.98. The standard InChI is InChI=1S/C16H31N/c1-16(2)12-8-7-9-14(16)13-17-15-10-5-3-4-6-11-15/h14-15,17H,3-13H2,1-2H3. The Bertz CT molecular complexity index is 214. The largest absolute Gasteiger partial charge is 0.314 e. The summed E-state index contributed by atoms with van der Waals surface area (Å²) >= 11 is 0. The summed E-state index contributed by atoms with van der Waals surface area (Å²) < 4.78 is 0. The summed E-state index contributed by atoms with van der Waals surface area (Å²) in [5.41, 5.74) is 0.579. The van der Waals surface area contributed by atoms with Gasteiger partial charge in [0.25, 0.3) is 0 Å². The molecule has 1 nitrogen and oxygen atoms in total. The van der Waals surface area contributed by atoms with E-state index in [4.69, 9.17) is 0 Å². The van der Waals surface area contributed by atoms with Crippen LogP contribution in [-0.4, -0.2) is 12.6 Å². The van der Waals surface area contributed by atoms with E-state index in [-0.39, 0.29) is 0 Å². The monoisotopic (exact) mass is 237 g/mol. The van der Waals surface area contributed by atoms with E-state index in [1.807, 2.05) is 0 Å². The summed E-state index contributed by atoms with van der Waals surface area (Å²) in [5, 5.41) is 3.89. The maximum absolute atomic E-state index is 3.89. The smallest absolute Gasteiger partial charge is 0.00671 e. The molecule has 17 heavy (non-hydrogen) atoms. The van der Waals surface area contributed by atoms with Crippen molar-refractivity contribution in [1.82, 2.24) is 5.32 Å². The molecule has 0 amide bonds. The van der Waals surface area contributed by atoms with Crippen LogP contribution in [0.2, 0.25) is 0 Å². The minimum absolute atomic E-state index is 0.579. The summed E-state index contributed by atoms with van der Waals surface area (Å²) in [7, 11) is 0. The second-order valence-electron chi connectivity index (χ2n) is 7.03. The van der Waals surface area contributed by atoms with E-state index < -0.39 is 0 Å². The lowest BCUT2D eigenvalue weighted by Gasteiger charge is -2.39. The van der Waals surface area contributed by atoms with Gasteiger partial charge in [-0.2, -0.15) is 0 Å². The Morgan fingerprint density at radius 2 is 1.53 bits per heavy atom. The molecular formula is C16H31N. The summed E-state index contributed by atoms with van der Waals surface area (Å²) in [6.07, 6.45) is 14.5. The maximum atomic E-state index is 3.89. The van der Waals surface area contributed by atoms with E-state index >= 15 is 0 Å². The number of rotatable bonds is 3. The van der Waals surface area contributed by atoms with Crippen LogP contribution in [0.25, 0.3) is 0 Å². The van der Waals surface area contributed by atoms with E-state index in [0.29, 0.717) is 5.41 Å². The van der Waals surface area contributed by atoms with Gasteiger partial charge in [-0.15, -0.1) is 0 Å². The third-order valence-electron chi connectivity index (χ3n) is 5.24. The number of nitrogens with one attached hydrogen (secondary N) is 1. The van der Waals surface area contributed by atoms with Crippen LogP contribution in [0.3, 0.4) is 0 Å². The lowest BCUT2D eigenvalue weighted by molar-refractivity contribution is 0.131. The molecule has 1 unspecified atom stereocenters. The maximum Gasteiger partial charge on any atom is 0.00671 e. The first-order valence-corrected chi connectivity index (χ1v) is 7.92. The topological polar surface area (TPSA) is 12.0 Å². The van der Waals surface area contributed by atoms with E-state index in [0.717, 1.165) is 12.0 Å². The molecule has 2 aliphatic carbocycles. The quantitative estimate of drug-likeness (QED) is 0.712. The summed E-state index contributed by atoms with van der Waals surface area (Å²) in [6, 6.07) is 0.829. The van der Waals surface area contributed by atoms with Crippen LogP contribution >= 0.6 is 0 Å². The highest BCUT2D eigenvalue weighted by atomic mass is 14.9. The van der Waals surface area contributed by atoms with Gasteiger partial charge >= 0.3 is 0 Å². The molecule has 0 aromatic rings. The van der Waals surface area contributed by atoms with Crippen molar-refractivity contribution in [2.75, 3.05) is 6.54 Å². The zero-order valence-corrected chi connectivity index (χ0v) is 11.9. The fourth-order valence-corrected chi connectivity index (χ4v) is 3.74. The third-order valence-corrected chi connectivity index (χ3v) is 5.24. The zero-order chi connectivity index (χ0) is 12.1. The molecule has 0 aromatic heterocycles. The Labute approximate surface area is 108 Å². The number of hydrogen-bond donors (Lipinski definition) is 1. The van der Waals surface area contributed by atoms with Crippen LogP contribution in [0.1, 0.15) is 78.1 Å². The molecule has 0 aliphatic heterocycles. The molecule has 0 spiro atoms. The Hall–Kier alpha value is -0.0400. The Morgan fingerprint density at radius 3 is 2.18 bits per heavy atom. The van der Waals surface area contributed by atoms with Gasteiger partial charge in [-0.1, -0.05) is 52.4 Å². The molecule has 2 rings (SSSR count). The van der Waals surface area contributed by atoms with Gasteiger partial charge < -0.3 is 5.32 Å². The summed E-state index contributed by atoms with van der Waals surface area (Å²) in [4.78, 5) is 0. The molecule has 2 saturated carbocycles.